The Morgan fingerprint density at radius 3 is 2.52 bits per heavy atom. The van der Waals surface area contributed by atoms with Crippen LogP contribution >= 0.6 is 11.6 Å². The lowest BCUT2D eigenvalue weighted by Gasteiger charge is -2.11. The van der Waals surface area contributed by atoms with Crippen LogP contribution in [0.5, 0.6) is 11.5 Å². The van der Waals surface area contributed by atoms with E-state index in [0.29, 0.717) is 0 Å². The molecule has 0 fully saturated rings. The highest BCUT2D eigenvalue weighted by atomic mass is 35.5. The van der Waals surface area contributed by atoms with E-state index in [4.69, 9.17) is 22.1 Å². The number of primary amides is 1. The second kappa shape index (κ2) is 7.06. The smallest absolute Gasteiger partial charge is 0.269 e. The molecule has 0 atom stereocenters. The maximum absolute atomic E-state index is 14.4. The summed E-state index contributed by atoms with van der Waals surface area (Å²) in [5, 5.41) is 10.6. The molecule has 1 radical (unpaired) electrons. The number of nitro benzene ring substituents is 1. The van der Waals surface area contributed by atoms with Gasteiger partial charge in [0.2, 0.25) is 5.91 Å². The Labute approximate surface area is 135 Å². The summed E-state index contributed by atoms with van der Waals surface area (Å²) in [4.78, 5) is 20.8. The molecule has 0 heterocycles. The summed E-state index contributed by atoms with van der Waals surface area (Å²) >= 11 is 5.92. The molecule has 0 aliphatic rings. The molecular weight excluding hydrogens is 327 g/mol. The average Bonchev–Trinajstić information content (AvgIpc) is 2.51. The second-order valence-corrected chi connectivity index (χ2v) is 4.91. The van der Waals surface area contributed by atoms with Crippen molar-refractivity contribution >= 4 is 23.2 Å². The van der Waals surface area contributed by atoms with Crippen molar-refractivity contribution in [2.24, 2.45) is 5.73 Å². The van der Waals surface area contributed by atoms with Crippen LogP contribution < -0.4 is 10.5 Å². The number of benzene rings is 2. The van der Waals surface area contributed by atoms with Crippen LogP contribution in [-0.2, 0) is 4.79 Å². The summed E-state index contributed by atoms with van der Waals surface area (Å²) in [6.07, 6.45) is 1.19. The molecule has 0 saturated heterocycles. The Kier molecular flexibility index (Phi) is 5.13. The topological polar surface area (TPSA) is 95.5 Å². The number of rotatable bonds is 6. The van der Waals surface area contributed by atoms with E-state index >= 15 is 0 Å². The molecule has 2 N–H and O–H groups in total. The first kappa shape index (κ1) is 16.7. The number of nitro groups is 1. The van der Waals surface area contributed by atoms with Crippen molar-refractivity contribution in [1.29, 1.82) is 0 Å². The van der Waals surface area contributed by atoms with E-state index in [1.54, 1.807) is 0 Å². The summed E-state index contributed by atoms with van der Waals surface area (Å²) in [7, 11) is 0. The third-order valence-electron chi connectivity index (χ3n) is 2.87. The SMILES string of the molecule is NC(=O)C[CH]c1ccc(Cl)c(Oc2ccc([N+](=O)[O-])cc2)c1F. The van der Waals surface area contributed by atoms with Gasteiger partial charge < -0.3 is 10.5 Å². The molecule has 0 unspecified atom stereocenters. The summed E-state index contributed by atoms with van der Waals surface area (Å²) < 4.78 is 19.7. The Morgan fingerprint density at radius 2 is 1.96 bits per heavy atom. The zero-order valence-corrected chi connectivity index (χ0v) is 12.4. The minimum Gasteiger partial charge on any atom is -0.453 e. The number of amides is 1. The van der Waals surface area contributed by atoms with E-state index in [9.17, 15) is 19.3 Å². The third kappa shape index (κ3) is 4.17. The van der Waals surface area contributed by atoms with Crippen molar-refractivity contribution in [2.75, 3.05) is 0 Å². The molecule has 1 amide bonds. The minimum atomic E-state index is -0.753. The zero-order chi connectivity index (χ0) is 17.0. The van der Waals surface area contributed by atoms with Crippen molar-refractivity contribution < 1.29 is 18.8 Å². The van der Waals surface area contributed by atoms with Crippen molar-refractivity contribution in [3.8, 4) is 11.5 Å². The number of non-ortho nitro benzene ring substituents is 1. The quantitative estimate of drug-likeness (QED) is 0.643. The Balaban J connectivity index is 2.26. The molecular formula is C15H11ClFN2O4. The van der Waals surface area contributed by atoms with E-state index in [1.165, 1.54) is 42.8 Å². The van der Waals surface area contributed by atoms with Gasteiger partial charge in [0.25, 0.3) is 5.69 Å². The second-order valence-electron chi connectivity index (χ2n) is 4.51. The van der Waals surface area contributed by atoms with Gasteiger partial charge in [-0.15, -0.1) is 0 Å². The van der Waals surface area contributed by atoms with E-state index in [-0.39, 0.29) is 34.2 Å². The molecule has 2 aromatic rings. The number of hydrogen-bond acceptors (Lipinski definition) is 4. The summed E-state index contributed by atoms with van der Waals surface area (Å²) in [6.45, 7) is 0. The highest BCUT2D eigenvalue weighted by Gasteiger charge is 2.16. The predicted octanol–water partition coefficient (Wildman–Crippen LogP) is 3.61. The lowest BCUT2D eigenvalue weighted by molar-refractivity contribution is -0.384. The first-order chi connectivity index (χ1) is 10.9. The van der Waals surface area contributed by atoms with Gasteiger partial charge in [0.15, 0.2) is 11.6 Å². The number of nitrogens with two attached hydrogens (primary N) is 1. The van der Waals surface area contributed by atoms with E-state index in [0.717, 1.165) is 0 Å². The van der Waals surface area contributed by atoms with Gasteiger partial charge in [0, 0.05) is 25.0 Å². The zero-order valence-electron chi connectivity index (χ0n) is 11.7. The normalized spacial score (nSPS) is 10.3. The van der Waals surface area contributed by atoms with Gasteiger partial charge in [-0.2, -0.15) is 0 Å². The standard InChI is InChI=1S/C15H11ClFN2O4/c16-12-7-1-9(2-8-13(18)20)14(17)15(12)23-11-5-3-10(4-6-11)19(21)22/h1-7H,8H2,(H2,18,20). The summed E-state index contributed by atoms with van der Waals surface area (Å²) in [5.41, 5.74) is 5.01. The molecule has 0 saturated carbocycles. The van der Waals surface area contributed by atoms with Crippen LogP contribution in [0, 0.1) is 22.4 Å². The van der Waals surface area contributed by atoms with Gasteiger partial charge in [-0.05, 0) is 23.8 Å². The van der Waals surface area contributed by atoms with Crippen LogP contribution in [0.4, 0.5) is 10.1 Å². The van der Waals surface area contributed by atoms with Gasteiger partial charge in [-0.25, -0.2) is 4.39 Å². The number of carbonyl (C=O) groups excluding carboxylic acids is 1. The largest absolute Gasteiger partial charge is 0.453 e. The number of nitrogens with zero attached hydrogens (tertiary/aromatic N) is 1. The Morgan fingerprint density at radius 1 is 1.30 bits per heavy atom. The van der Waals surface area contributed by atoms with Crippen LogP contribution in [0.15, 0.2) is 36.4 Å². The van der Waals surface area contributed by atoms with Crippen molar-refractivity contribution in [3.05, 3.63) is 69.3 Å². The molecule has 0 aliphatic carbocycles. The molecule has 0 bridgehead atoms. The molecule has 23 heavy (non-hydrogen) atoms. The fourth-order valence-corrected chi connectivity index (χ4v) is 1.95. The van der Waals surface area contributed by atoms with Crippen molar-refractivity contribution in [2.45, 2.75) is 6.42 Å². The molecule has 119 valence electrons. The monoisotopic (exact) mass is 337 g/mol. The lowest BCUT2D eigenvalue weighted by Crippen LogP contribution is -2.10. The molecule has 2 rings (SSSR count). The Bertz CT molecular complexity index is 750. The first-order valence-corrected chi connectivity index (χ1v) is 6.78. The number of carbonyl (C=O) groups is 1. The Hall–Kier alpha value is -2.67. The first-order valence-electron chi connectivity index (χ1n) is 6.40. The predicted molar refractivity (Wildman–Crippen MR) is 81.8 cm³/mol. The minimum absolute atomic E-state index is 0.0251. The third-order valence-corrected chi connectivity index (χ3v) is 3.17. The van der Waals surface area contributed by atoms with E-state index in [1.807, 2.05) is 0 Å². The number of hydrogen-bond donors (Lipinski definition) is 1. The fourth-order valence-electron chi connectivity index (χ4n) is 1.76. The van der Waals surface area contributed by atoms with Crippen LogP contribution in [-0.4, -0.2) is 10.8 Å². The highest BCUT2D eigenvalue weighted by Crippen LogP contribution is 2.35. The van der Waals surface area contributed by atoms with Gasteiger partial charge in [0.05, 0.1) is 9.95 Å². The van der Waals surface area contributed by atoms with Gasteiger partial charge >= 0.3 is 0 Å². The molecule has 6 nitrogen and oxygen atoms in total. The van der Waals surface area contributed by atoms with Crippen LogP contribution in [0.3, 0.4) is 0 Å². The van der Waals surface area contributed by atoms with Crippen LogP contribution in [0.1, 0.15) is 12.0 Å². The van der Waals surface area contributed by atoms with E-state index in [2.05, 4.69) is 0 Å². The van der Waals surface area contributed by atoms with Crippen LogP contribution in [0.25, 0.3) is 0 Å². The molecule has 8 heteroatoms. The number of ether oxygens (including phenoxy) is 1. The molecule has 0 spiro atoms. The highest BCUT2D eigenvalue weighted by molar-refractivity contribution is 6.32. The fraction of sp³-hybridized carbons (Fsp3) is 0.0667. The van der Waals surface area contributed by atoms with Crippen LogP contribution in [0.2, 0.25) is 5.02 Å². The molecule has 0 aromatic heterocycles. The van der Waals surface area contributed by atoms with Gasteiger partial charge in [-0.1, -0.05) is 17.7 Å². The maximum Gasteiger partial charge on any atom is 0.269 e. The average molecular weight is 338 g/mol. The van der Waals surface area contributed by atoms with Gasteiger partial charge in [-0.3, -0.25) is 14.9 Å². The van der Waals surface area contributed by atoms with Crippen molar-refractivity contribution in [1.82, 2.24) is 0 Å². The molecule has 2 aromatic carbocycles. The molecule has 0 aliphatic heterocycles. The summed E-state index contributed by atoms with van der Waals surface area (Å²) in [5.74, 6) is -1.41. The van der Waals surface area contributed by atoms with E-state index < -0.39 is 16.6 Å². The lowest BCUT2D eigenvalue weighted by atomic mass is 10.1. The number of halogens is 2. The van der Waals surface area contributed by atoms with Crippen molar-refractivity contribution in [3.63, 3.8) is 0 Å². The van der Waals surface area contributed by atoms with Gasteiger partial charge in [0.1, 0.15) is 5.75 Å². The summed E-state index contributed by atoms with van der Waals surface area (Å²) in [6, 6.07) is 7.91. The maximum atomic E-state index is 14.4.